The number of benzene rings is 1. The second kappa shape index (κ2) is 8.54. The Bertz CT molecular complexity index is 614. The van der Waals surface area contributed by atoms with Crippen molar-refractivity contribution in [3.8, 4) is 0 Å². The number of hydrogen-bond donors (Lipinski definition) is 2. The van der Waals surface area contributed by atoms with Crippen LogP contribution in [0.5, 0.6) is 0 Å². The van der Waals surface area contributed by atoms with Crippen LogP contribution >= 0.6 is 15.9 Å². The van der Waals surface area contributed by atoms with E-state index >= 15 is 0 Å². The average molecular weight is 362 g/mol. The maximum Gasteiger partial charge on any atom is 0.269 e. The monoisotopic (exact) mass is 361 g/mol. The number of carbonyl (C=O) groups excluding carboxylic acids is 1. The fourth-order valence-electron chi connectivity index (χ4n) is 2.00. The number of nitrogens with zero attached hydrogens (tertiary/aromatic N) is 1. The van der Waals surface area contributed by atoms with Crippen molar-refractivity contribution in [2.45, 2.75) is 26.2 Å². The summed E-state index contributed by atoms with van der Waals surface area (Å²) in [6.07, 6.45) is 4.94. The molecule has 2 rings (SSSR count). The maximum atomic E-state index is 11.9. The number of halogens is 1. The van der Waals surface area contributed by atoms with E-state index in [0.717, 1.165) is 35.1 Å². The summed E-state index contributed by atoms with van der Waals surface area (Å²) >= 11 is 3.43. The molecule has 1 aromatic carbocycles. The molecule has 1 heterocycles. The van der Waals surface area contributed by atoms with Crippen molar-refractivity contribution in [1.29, 1.82) is 0 Å². The molecule has 0 radical (unpaired) electrons. The first-order valence-corrected chi connectivity index (χ1v) is 8.25. The Kier molecular flexibility index (Phi) is 6.40. The van der Waals surface area contributed by atoms with Gasteiger partial charge < -0.3 is 10.6 Å². The molecule has 4 nitrogen and oxygen atoms in total. The van der Waals surface area contributed by atoms with E-state index in [2.05, 4.69) is 38.5 Å². The van der Waals surface area contributed by atoms with Crippen molar-refractivity contribution < 1.29 is 4.79 Å². The highest BCUT2D eigenvalue weighted by Crippen LogP contribution is 2.19. The largest absolute Gasteiger partial charge is 0.354 e. The maximum absolute atomic E-state index is 11.9. The topological polar surface area (TPSA) is 54.0 Å². The SMILES string of the molecule is CCCCCNC(=O)c1ccc(Nc2cccc(Br)c2)cn1. The van der Waals surface area contributed by atoms with E-state index in [4.69, 9.17) is 0 Å². The molecule has 0 fully saturated rings. The first kappa shape index (κ1) is 16.5. The van der Waals surface area contributed by atoms with Crippen LogP contribution in [0.4, 0.5) is 11.4 Å². The number of hydrogen-bond acceptors (Lipinski definition) is 3. The Hall–Kier alpha value is -1.88. The van der Waals surface area contributed by atoms with Crippen molar-refractivity contribution in [1.82, 2.24) is 10.3 Å². The van der Waals surface area contributed by atoms with Gasteiger partial charge in [0.25, 0.3) is 5.91 Å². The Labute approximate surface area is 139 Å². The predicted molar refractivity (Wildman–Crippen MR) is 93.5 cm³/mol. The van der Waals surface area contributed by atoms with Gasteiger partial charge in [-0.3, -0.25) is 4.79 Å². The van der Waals surface area contributed by atoms with Crippen LogP contribution in [0.25, 0.3) is 0 Å². The molecule has 0 bridgehead atoms. The van der Waals surface area contributed by atoms with Crippen LogP contribution in [-0.2, 0) is 0 Å². The summed E-state index contributed by atoms with van der Waals surface area (Å²) in [6, 6.07) is 11.5. The van der Waals surface area contributed by atoms with Crippen molar-refractivity contribution >= 4 is 33.2 Å². The minimum Gasteiger partial charge on any atom is -0.354 e. The molecule has 2 aromatic rings. The van der Waals surface area contributed by atoms with Gasteiger partial charge in [0.15, 0.2) is 0 Å². The van der Waals surface area contributed by atoms with Crippen molar-refractivity contribution in [2.75, 3.05) is 11.9 Å². The van der Waals surface area contributed by atoms with Gasteiger partial charge in [0.2, 0.25) is 0 Å². The summed E-state index contributed by atoms with van der Waals surface area (Å²) < 4.78 is 1.01. The number of carbonyl (C=O) groups is 1. The molecular weight excluding hydrogens is 342 g/mol. The third kappa shape index (κ3) is 5.15. The van der Waals surface area contributed by atoms with Gasteiger partial charge in [-0.2, -0.15) is 0 Å². The lowest BCUT2D eigenvalue weighted by atomic mass is 10.2. The highest BCUT2D eigenvalue weighted by Gasteiger charge is 2.06. The third-order valence-electron chi connectivity index (χ3n) is 3.18. The average Bonchev–Trinajstić information content (AvgIpc) is 2.52. The summed E-state index contributed by atoms with van der Waals surface area (Å²) in [7, 11) is 0. The standard InChI is InChI=1S/C17H20BrN3O/c1-2-3-4-10-19-17(22)16-9-8-15(12-20-16)21-14-7-5-6-13(18)11-14/h5-9,11-12,21H,2-4,10H2,1H3,(H,19,22). The Morgan fingerprint density at radius 3 is 2.73 bits per heavy atom. The van der Waals surface area contributed by atoms with E-state index in [9.17, 15) is 4.79 Å². The molecule has 0 spiro atoms. The molecular formula is C17H20BrN3O. The normalized spacial score (nSPS) is 10.3. The second-order valence-electron chi connectivity index (χ2n) is 5.03. The Morgan fingerprint density at radius 1 is 1.18 bits per heavy atom. The smallest absolute Gasteiger partial charge is 0.269 e. The van der Waals surface area contributed by atoms with E-state index < -0.39 is 0 Å². The zero-order chi connectivity index (χ0) is 15.8. The molecule has 2 N–H and O–H groups in total. The van der Waals surface area contributed by atoms with Gasteiger partial charge in [-0.25, -0.2) is 4.98 Å². The van der Waals surface area contributed by atoms with Crippen LogP contribution in [0.1, 0.15) is 36.7 Å². The van der Waals surface area contributed by atoms with Gasteiger partial charge in [0.1, 0.15) is 5.69 Å². The first-order valence-electron chi connectivity index (χ1n) is 7.46. The molecule has 5 heteroatoms. The summed E-state index contributed by atoms with van der Waals surface area (Å²) in [4.78, 5) is 16.1. The minimum absolute atomic E-state index is 0.120. The lowest BCUT2D eigenvalue weighted by molar-refractivity contribution is 0.0948. The number of amides is 1. The molecule has 0 aliphatic carbocycles. The molecule has 0 unspecified atom stereocenters. The van der Waals surface area contributed by atoms with Gasteiger partial charge >= 0.3 is 0 Å². The zero-order valence-electron chi connectivity index (χ0n) is 12.6. The molecule has 0 saturated carbocycles. The lowest BCUT2D eigenvalue weighted by Gasteiger charge is -2.08. The highest BCUT2D eigenvalue weighted by atomic mass is 79.9. The number of unbranched alkanes of at least 4 members (excludes halogenated alkanes) is 2. The van der Waals surface area contributed by atoms with Crippen molar-refractivity contribution in [3.05, 3.63) is 52.8 Å². The van der Waals surface area contributed by atoms with Crippen LogP contribution in [0, 0.1) is 0 Å². The number of rotatable bonds is 7. The number of nitrogens with one attached hydrogen (secondary N) is 2. The predicted octanol–water partition coefficient (Wildman–Crippen LogP) is 4.51. The van der Waals surface area contributed by atoms with E-state index in [-0.39, 0.29) is 5.91 Å². The fraction of sp³-hybridized carbons (Fsp3) is 0.294. The van der Waals surface area contributed by atoms with Crippen LogP contribution in [0.3, 0.4) is 0 Å². The van der Waals surface area contributed by atoms with E-state index in [1.165, 1.54) is 0 Å². The third-order valence-corrected chi connectivity index (χ3v) is 3.67. The van der Waals surface area contributed by atoms with Crippen LogP contribution in [-0.4, -0.2) is 17.4 Å². The lowest BCUT2D eigenvalue weighted by Crippen LogP contribution is -2.25. The summed E-state index contributed by atoms with van der Waals surface area (Å²) in [5.41, 5.74) is 2.25. The van der Waals surface area contributed by atoms with Crippen LogP contribution in [0.15, 0.2) is 47.1 Å². The number of aromatic nitrogens is 1. The molecule has 1 aromatic heterocycles. The Morgan fingerprint density at radius 2 is 2.05 bits per heavy atom. The molecule has 116 valence electrons. The first-order chi connectivity index (χ1) is 10.7. The molecule has 1 amide bonds. The molecule has 22 heavy (non-hydrogen) atoms. The highest BCUT2D eigenvalue weighted by molar-refractivity contribution is 9.10. The van der Waals surface area contributed by atoms with Gasteiger partial charge in [0.05, 0.1) is 11.9 Å². The van der Waals surface area contributed by atoms with E-state index in [0.29, 0.717) is 12.2 Å². The van der Waals surface area contributed by atoms with E-state index in [1.807, 2.05) is 30.3 Å². The van der Waals surface area contributed by atoms with Gasteiger partial charge in [-0.1, -0.05) is 41.8 Å². The minimum atomic E-state index is -0.120. The van der Waals surface area contributed by atoms with Gasteiger partial charge in [-0.15, -0.1) is 0 Å². The van der Waals surface area contributed by atoms with Crippen molar-refractivity contribution in [3.63, 3.8) is 0 Å². The fourth-order valence-corrected chi connectivity index (χ4v) is 2.40. The summed E-state index contributed by atoms with van der Waals surface area (Å²) in [5, 5.41) is 6.13. The van der Waals surface area contributed by atoms with E-state index in [1.54, 1.807) is 12.3 Å². The molecule has 0 saturated heterocycles. The zero-order valence-corrected chi connectivity index (χ0v) is 14.2. The van der Waals surface area contributed by atoms with Gasteiger partial charge in [0, 0.05) is 16.7 Å². The van der Waals surface area contributed by atoms with Crippen LogP contribution < -0.4 is 10.6 Å². The molecule has 0 atom stereocenters. The molecule has 0 aliphatic rings. The second-order valence-corrected chi connectivity index (χ2v) is 5.95. The van der Waals surface area contributed by atoms with Crippen LogP contribution in [0.2, 0.25) is 0 Å². The summed E-state index contributed by atoms with van der Waals surface area (Å²) in [5.74, 6) is -0.120. The summed E-state index contributed by atoms with van der Waals surface area (Å²) in [6.45, 7) is 2.84. The van der Waals surface area contributed by atoms with Crippen molar-refractivity contribution in [2.24, 2.45) is 0 Å². The number of pyridine rings is 1. The number of anilines is 2. The Balaban J connectivity index is 1.91. The van der Waals surface area contributed by atoms with Gasteiger partial charge in [-0.05, 0) is 36.8 Å². The quantitative estimate of drug-likeness (QED) is 0.713. The molecule has 0 aliphatic heterocycles.